The minimum atomic E-state index is -0.820. The molecule has 1 unspecified atom stereocenters. The normalized spacial score (nSPS) is 12.9. The molecule has 2 amide bonds. The third-order valence-corrected chi connectivity index (χ3v) is 2.58. The number of carbonyl (C=O) groups is 1. The number of nitrogens with two attached hydrogens (primary N) is 1. The molecule has 1 aromatic carbocycles. The number of carbonyl (C=O) groups excluding carboxylic acids is 1. The Bertz CT molecular complexity index is 472. The first kappa shape index (κ1) is 16.4. The summed E-state index contributed by atoms with van der Waals surface area (Å²) in [5, 5.41) is 4.87. The van der Waals surface area contributed by atoms with Gasteiger partial charge in [-0.1, -0.05) is 20.8 Å². The molecule has 0 aliphatic carbocycles. The van der Waals surface area contributed by atoms with Gasteiger partial charge in [0.05, 0.1) is 5.69 Å². The molecule has 0 aromatic heterocycles. The largest absolute Gasteiger partial charge is 0.336 e. The SMILES string of the molecule is CC(C)(C)CC(N)CNC(=O)Nc1ccc(F)cc1F. The lowest BCUT2D eigenvalue weighted by atomic mass is 9.88. The van der Waals surface area contributed by atoms with Crippen LogP contribution in [0.15, 0.2) is 18.2 Å². The first-order valence-electron chi connectivity index (χ1n) is 6.43. The first-order valence-corrected chi connectivity index (χ1v) is 6.43. The zero-order valence-electron chi connectivity index (χ0n) is 12.0. The highest BCUT2D eigenvalue weighted by Crippen LogP contribution is 2.19. The van der Waals surface area contributed by atoms with Gasteiger partial charge in [-0.2, -0.15) is 0 Å². The number of anilines is 1. The summed E-state index contributed by atoms with van der Waals surface area (Å²) in [6.07, 6.45) is 0.748. The lowest BCUT2D eigenvalue weighted by molar-refractivity contribution is 0.249. The van der Waals surface area contributed by atoms with E-state index in [0.29, 0.717) is 6.07 Å². The number of benzene rings is 1. The predicted octanol–water partition coefficient (Wildman–Crippen LogP) is 2.85. The van der Waals surface area contributed by atoms with Crippen molar-refractivity contribution in [1.82, 2.24) is 5.32 Å². The van der Waals surface area contributed by atoms with Crippen molar-refractivity contribution >= 4 is 11.7 Å². The molecule has 0 aliphatic heterocycles. The summed E-state index contributed by atoms with van der Waals surface area (Å²) >= 11 is 0. The molecule has 0 aliphatic rings. The van der Waals surface area contributed by atoms with Gasteiger partial charge >= 0.3 is 6.03 Å². The van der Waals surface area contributed by atoms with Gasteiger partial charge in [-0.3, -0.25) is 0 Å². The number of urea groups is 1. The van der Waals surface area contributed by atoms with Crippen molar-refractivity contribution in [3.63, 3.8) is 0 Å². The summed E-state index contributed by atoms with van der Waals surface area (Å²) in [5.74, 6) is -1.51. The molecule has 0 spiro atoms. The quantitative estimate of drug-likeness (QED) is 0.796. The van der Waals surface area contributed by atoms with Crippen LogP contribution in [0.5, 0.6) is 0 Å². The van der Waals surface area contributed by atoms with E-state index < -0.39 is 17.7 Å². The van der Waals surface area contributed by atoms with Crippen molar-refractivity contribution in [2.24, 2.45) is 11.1 Å². The number of nitrogens with one attached hydrogen (secondary N) is 2. The molecule has 4 N–H and O–H groups in total. The Morgan fingerprint density at radius 2 is 2.00 bits per heavy atom. The van der Waals surface area contributed by atoms with E-state index in [4.69, 9.17) is 5.73 Å². The van der Waals surface area contributed by atoms with E-state index in [1.807, 2.05) is 0 Å². The number of hydrogen-bond acceptors (Lipinski definition) is 2. The Hall–Kier alpha value is -1.69. The molecule has 1 aromatic rings. The minimum Gasteiger partial charge on any atom is -0.336 e. The van der Waals surface area contributed by atoms with Crippen LogP contribution >= 0.6 is 0 Å². The fourth-order valence-electron chi connectivity index (χ4n) is 1.84. The molecule has 6 heteroatoms. The molecule has 0 heterocycles. The second-order valence-electron chi connectivity index (χ2n) is 5.98. The summed E-state index contributed by atoms with van der Waals surface area (Å²) in [7, 11) is 0. The highest BCUT2D eigenvalue weighted by Gasteiger charge is 2.16. The fourth-order valence-corrected chi connectivity index (χ4v) is 1.84. The van der Waals surface area contributed by atoms with Gasteiger partial charge in [-0.15, -0.1) is 0 Å². The third kappa shape index (κ3) is 5.97. The van der Waals surface area contributed by atoms with E-state index in [1.54, 1.807) is 0 Å². The van der Waals surface area contributed by atoms with E-state index in [1.165, 1.54) is 6.07 Å². The molecule has 4 nitrogen and oxygen atoms in total. The summed E-state index contributed by atoms with van der Waals surface area (Å²) in [5.41, 5.74) is 5.88. The van der Waals surface area contributed by atoms with Crippen molar-refractivity contribution in [3.05, 3.63) is 29.8 Å². The van der Waals surface area contributed by atoms with E-state index >= 15 is 0 Å². The molecule has 0 radical (unpaired) electrons. The lowest BCUT2D eigenvalue weighted by Crippen LogP contribution is -2.41. The maximum absolute atomic E-state index is 13.3. The van der Waals surface area contributed by atoms with Crippen molar-refractivity contribution in [1.29, 1.82) is 0 Å². The molecule has 20 heavy (non-hydrogen) atoms. The Morgan fingerprint density at radius 1 is 1.35 bits per heavy atom. The zero-order valence-corrected chi connectivity index (χ0v) is 12.0. The molecular formula is C14H21F2N3O. The maximum atomic E-state index is 13.3. The van der Waals surface area contributed by atoms with Gasteiger partial charge in [-0.05, 0) is 24.0 Å². The van der Waals surface area contributed by atoms with Crippen molar-refractivity contribution < 1.29 is 13.6 Å². The smallest absolute Gasteiger partial charge is 0.319 e. The van der Waals surface area contributed by atoms with Crippen LogP contribution in [-0.4, -0.2) is 18.6 Å². The van der Waals surface area contributed by atoms with E-state index in [0.717, 1.165) is 12.5 Å². The van der Waals surface area contributed by atoms with Crippen LogP contribution in [0.4, 0.5) is 19.3 Å². The van der Waals surface area contributed by atoms with Crippen LogP contribution in [0.2, 0.25) is 0 Å². The van der Waals surface area contributed by atoms with Gasteiger partial charge in [0.1, 0.15) is 11.6 Å². The Balaban J connectivity index is 2.44. The standard InChI is InChI=1S/C14H21F2N3O/c1-14(2,3)7-10(17)8-18-13(20)19-12-5-4-9(15)6-11(12)16/h4-6,10H,7-8,17H2,1-3H3,(H2,18,19,20). The summed E-state index contributed by atoms with van der Waals surface area (Å²) in [6, 6.07) is 2.20. The van der Waals surface area contributed by atoms with Gasteiger partial charge in [0.2, 0.25) is 0 Å². The molecule has 0 fully saturated rings. The molecule has 1 rings (SSSR count). The third-order valence-electron chi connectivity index (χ3n) is 2.58. The lowest BCUT2D eigenvalue weighted by Gasteiger charge is -2.23. The molecule has 0 saturated heterocycles. The average Bonchev–Trinajstić information content (AvgIpc) is 2.28. The second kappa shape index (κ2) is 6.65. The van der Waals surface area contributed by atoms with E-state index in [9.17, 15) is 13.6 Å². The van der Waals surface area contributed by atoms with Gasteiger partial charge in [0, 0.05) is 18.7 Å². The van der Waals surface area contributed by atoms with E-state index in [2.05, 4.69) is 31.4 Å². The number of amides is 2. The van der Waals surface area contributed by atoms with Crippen LogP contribution in [-0.2, 0) is 0 Å². The second-order valence-corrected chi connectivity index (χ2v) is 5.98. The fraction of sp³-hybridized carbons (Fsp3) is 0.500. The van der Waals surface area contributed by atoms with Gasteiger partial charge < -0.3 is 16.4 Å². The number of rotatable bonds is 4. The maximum Gasteiger partial charge on any atom is 0.319 e. The zero-order chi connectivity index (χ0) is 15.3. The number of hydrogen-bond donors (Lipinski definition) is 3. The summed E-state index contributed by atoms with van der Waals surface area (Å²) in [6.45, 7) is 6.45. The highest BCUT2D eigenvalue weighted by atomic mass is 19.1. The van der Waals surface area contributed by atoms with Gasteiger partial charge in [0.25, 0.3) is 0 Å². The Morgan fingerprint density at radius 3 is 2.55 bits per heavy atom. The molecule has 1 atom stereocenters. The van der Waals surface area contributed by atoms with Crippen LogP contribution < -0.4 is 16.4 Å². The van der Waals surface area contributed by atoms with Crippen LogP contribution in [0.1, 0.15) is 27.2 Å². The first-order chi connectivity index (χ1) is 9.17. The molecule has 112 valence electrons. The molecular weight excluding hydrogens is 264 g/mol. The topological polar surface area (TPSA) is 67.1 Å². The van der Waals surface area contributed by atoms with Crippen molar-refractivity contribution in [2.75, 3.05) is 11.9 Å². The van der Waals surface area contributed by atoms with Crippen LogP contribution in [0.25, 0.3) is 0 Å². The Labute approximate surface area is 117 Å². The summed E-state index contributed by atoms with van der Waals surface area (Å²) in [4.78, 5) is 11.6. The van der Waals surface area contributed by atoms with E-state index in [-0.39, 0.29) is 23.7 Å². The average molecular weight is 285 g/mol. The van der Waals surface area contributed by atoms with Gasteiger partial charge in [-0.25, -0.2) is 13.6 Å². The number of halogens is 2. The van der Waals surface area contributed by atoms with Crippen LogP contribution in [0.3, 0.4) is 0 Å². The van der Waals surface area contributed by atoms with Gasteiger partial charge in [0.15, 0.2) is 0 Å². The van der Waals surface area contributed by atoms with Crippen LogP contribution in [0, 0.1) is 17.0 Å². The minimum absolute atomic E-state index is 0.0701. The molecule has 0 saturated carbocycles. The Kier molecular flexibility index (Phi) is 5.44. The monoisotopic (exact) mass is 285 g/mol. The predicted molar refractivity (Wildman–Crippen MR) is 75.4 cm³/mol. The molecule has 0 bridgehead atoms. The van der Waals surface area contributed by atoms with Crippen molar-refractivity contribution in [3.8, 4) is 0 Å². The van der Waals surface area contributed by atoms with Crippen molar-refractivity contribution in [2.45, 2.75) is 33.2 Å². The summed E-state index contributed by atoms with van der Waals surface area (Å²) < 4.78 is 26.0. The highest BCUT2D eigenvalue weighted by molar-refractivity contribution is 5.89.